The molecule has 2 heterocycles. The first-order valence-corrected chi connectivity index (χ1v) is 9.34. The molecule has 1 aromatic carbocycles. The predicted octanol–water partition coefficient (Wildman–Crippen LogP) is 1.31. The molecule has 8 nitrogen and oxygen atoms in total. The van der Waals surface area contributed by atoms with Crippen molar-refractivity contribution < 1.29 is 19.1 Å². The van der Waals surface area contributed by atoms with Crippen molar-refractivity contribution in [3.63, 3.8) is 0 Å². The molecular formula is C19H26N4O4. The summed E-state index contributed by atoms with van der Waals surface area (Å²) in [4.78, 5) is 42.2. The molecule has 1 N–H and O–H groups in total. The highest BCUT2D eigenvalue weighted by atomic mass is 16.5. The fourth-order valence-corrected chi connectivity index (χ4v) is 3.50. The van der Waals surface area contributed by atoms with Gasteiger partial charge in [0.25, 0.3) is 5.91 Å². The molecule has 0 atom stereocenters. The molecule has 8 heteroatoms. The standard InChI is InChI=1S/C19H26N4O4/c1-3-7-21-9-11-22(12-10-21)18(25)14-4-5-16(27-2)15(13-14)23-8-6-17(24)20-19(23)26/h4-5,13H,3,6-12H2,1-2H3,(H,20,24,26). The SMILES string of the molecule is CCCN1CCN(C(=O)c2ccc(OC)c(N3CCC(=O)NC3=O)c2)CC1. The third kappa shape index (κ3) is 4.21. The fourth-order valence-electron chi connectivity index (χ4n) is 3.50. The number of carbonyl (C=O) groups excluding carboxylic acids is 3. The summed E-state index contributed by atoms with van der Waals surface area (Å²) in [6, 6.07) is 4.59. The van der Waals surface area contributed by atoms with Gasteiger partial charge in [-0.05, 0) is 31.2 Å². The lowest BCUT2D eigenvalue weighted by molar-refractivity contribution is -0.120. The summed E-state index contributed by atoms with van der Waals surface area (Å²) in [5.74, 6) is 0.139. The van der Waals surface area contributed by atoms with Crippen molar-refractivity contribution in [3.8, 4) is 5.75 Å². The minimum Gasteiger partial charge on any atom is -0.495 e. The average Bonchev–Trinajstić information content (AvgIpc) is 2.68. The maximum atomic E-state index is 12.9. The Morgan fingerprint density at radius 3 is 2.52 bits per heavy atom. The highest BCUT2D eigenvalue weighted by molar-refractivity contribution is 6.07. The number of nitrogens with zero attached hydrogens (tertiary/aromatic N) is 3. The Morgan fingerprint density at radius 2 is 1.89 bits per heavy atom. The molecule has 0 bridgehead atoms. The first-order valence-electron chi connectivity index (χ1n) is 9.34. The first-order chi connectivity index (χ1) is 13.0. The Balaban J connectivity index is 1.78. The van der Waals surface area contributed by atoms with E-state index < -0.39 is 6.03 Å². The molecule has 2 fully saturated rings. The molecule has 27 heavy (non-hydrogen) atoms. The van der Waals surface area contributed by atoms with E-state index in [1.54, 1.807) is 18.2 Å². The molecule has 4 amide bonds. The van der Waals surface area contributed by atoms with Gasteiger partial charge < -0.3 is 9.64 Å². The second-order valence-electron chi connectivity index (χ2n) is 6.78. The molecule has 146 valence electrons. The van der Waals surface area contributed by atoms with E-state index in [2.05, 4.69) is 17.1 Å². The van der Waals surface area contributed by atoms with E-state index in [9.17, 15) is 14.4 Å². The van der Waals surface area contributed by atoms with Crippen LogP contribution in [0.2, 0.25) is 0 Å². The maximum absolute atomic E-state index is 12.9. The van der Waals surface area contributed by atoms with Gasteiger partial charge in [0.2, 0.25) is 5.91 Å². The summed E-state index contributed by atoms with van der Waals surface area (Å²) < 4.78 is 5.36. The normalized spacial score (nSPS) is 18.4. The Bertz CT molecular complexity index is 728. The highest BCUT2D eigenvalue weighted by Crippen LogP contribution is 2.31. The molecule has 2 aliphatic heterocycles. The number of ether oxygens (including phenoxy) is 1. The summed E-state index contributed by atoms with van der Waals surface area (Å²) in [5.41, 5.74) is 1.01. The molecule has 0 aromatic heterocycles. The number of hydrogen-bond acceptors (Lipinski definition) is 5. The first kappa shape index (κ1) is 19.2. The van der Waals surface area contributed by atoms with E-state index in [0.29, 0.717) is 30.1 Å². The van der Waals surface area contributed by atoms with E-state index in [-0.39, 0.29) is 24.8 Å². The van der Waals surface area contributed by atoms with Crippen molar-refractivity contribution >= 4 is 23.5 Å². The van der Waals surface area contributed by atoms with Crippen LogP contribution < -0.4 is 15.0 Å². The van der Waals surface area contributed by atoms with Crippen molar-refractivity contribution in [2.24, 2.45) is 0 Å². The number of imide groups is 1. The second-order valence-corrected chi connectivity index (χ2v) is 6.78. The van der Waals surface area contributed by atoms with Crippen LogP contribution in [0, 0.1) is 0 Å². The van der Waals surface area contributed by atoms with Gasteiger partial charge in [-0.3, -0.25) is 24.7 Å². The number of anilines is 1. The summed E-state index contributed by atoms with van der Waals surface area (Å²) in [5, 5.41) is 2.30. The van der Waals surface area contributed by atoms with Crippen LogP contribution in [0.5, 0.6) is 5.75 Å². The van der Waals surface area contributed by atoms with Gasteiger partial charge in [-0.15, -0.1) is 0 Å². The van der Waals surface area contributed by atoms with Gasteiger partial charge in [-0.2, -0.15) is 0 Å². The van der Waals surface area contributed by atoms with Gasteiger partial charge in [-0.1, -0.05) is 6.92 Å². The second kappa shape index (κ2) is 8.39. The molecule has 0 saturated carbocycles. The van der Waals surface area contributed by atoms with Gasteiger partial charge in [0.15, 0.2) is 0 Å². The Kier molecular flexibility index (Phi) is 5.95. The van der Waals surface area contributed by atoms with Crippen LogP contribution in [-0.2, 0) is 4.79 Å². The predicted molar refractivity (Wildman–Crippen MR) is 101 cm³/mol. The van der Waals surface area contributed by atoms with Crippen LogP contribution in [0.4, 0.5) is 10.5 Å². The van der Waals surface area contributed by atoms with Crippen molar-refractivity contribution in [2.45, 2.75) is 19.8 Å². The summed E-state index contributed by atoms with van der Waals surface area (Å²) in [7, 11) is 1.51. The van der Waals surface area contributed by atoms with Gasteiger partial charge in [0, 0.05) is 44.7 Å². The summed E-state index contributed by atoms with van der Waals surface area (Å²) >= 11 is 0. The van der Waals surface area contributed by atoms with Crippen molar-refractivity contribution in [2.75, 3.05) is 51.3 Å². The van der Waals surface area contributed by atoms with E-state index in [0.717, 1.165) is 26.1 Å². The van der Waals surface area contributed by atoms with E-state index in [1.165, 1.54) is 12.0 Å². The fraction of sp³-hybridized carbons (Fsp3) is 0.526. The topological polar surface area (TPSA) is 82.2 Å². The minimum absolute atomic E-state index is 0.0523. The number of methoxy groups -OCH3 is 1. The smallest absolute Gasteiger partial charge is 0.328 e. The molecule has 0 unspecified atom stereocenters. The summed E-state index contributed by atoms with van der Waals surface area (Å²) in [6.07, 6.45) is 1.32. The molecule has 0 aliphatic carbocycles. The lowest BCUT2D eigenvalue weighted by atomic mass is 10.1. The van der Waals surface area contributed by atoms with Crippen LogP contribution in [0.3, 0.4) is 0 Å². The van der Waals surface area contributed by atoms with E-state index >= 15 is 0 Å². The number of benzene rings is 1. The zero-order chi connectivity index (χ0) is 19.4. The maximum Gasteiger partial charge on any atom is 0.328 e. The highest BCUT2D eigenvalue weighted by Gasteiger charge is 2.28. The van der Waals surface area contributed by atoms with Crippen molar-refractivity contribution in [1.82, 2.24) is 15.1 Å². The van der Waals surface area contributed by atoms with E-state index in [4.69, 9.17) is 4.74 Å². The van der Waals surface area contributed by atoms with Crippen LogP contribution in [0.15, 0.2) is 18.2 Å². The number of hydrogen-bond donors (Lipinski definition) is 1. The molecule has 0 spiro atoms. The van der Waals surface area contributed by atoms with Crippen LogP contribution >= 0.6 is 0 Å². The van der Waals surface area contributed by atoms with Gasteiger partial charge in [0.1, 0.15) is 5.75 Å². The minimum atomic E-state index is -0.498. The zero-order valence-corrected chi connectivity index (χ0v) is 15.9. The molecular weight excluding hydrogens is 348 g/mol. The van der Waals surface area contributed by atoms with Gasteiger partial charge in [-0.25, -0.2) is 4.79 Å². The summed E-state index contributed by atoms with van der Waals surface area (Å²) in [6.45, 7) is 6.60. The van der Waals surface area contributed by atoms with Gasteiger partial charge >= 0.3 is 6.03 Å². The Morgan fingerprint density at radius 1 is 1.15 bits per heavy atom. The third-order valence-electron chi connectivity index (χ3n) is 4.97. The lowest BCUT2D eigenvalue weighted by Crippen LogP contribution is -2.50. The number of rotatable bonds is 5. The molecule has 1 aromatic rings. The van der Waals surface area contributed by atoms with Crippen LogP contribution in [0.25, 0.3) is 0 Å². The number of urea groups is 1. The third-order valence-corrected chi connectivity index (χ3v) is 4.97. The van der Waals surface area contributed by atoms with Crippen molar-refractivity contribution in [1.29, 1.82) is 0 Å². The number of carbonyl (C=O) groups is 3. The Labute approximate surface area is 159 Å². The number of piperazine rings is 1. The lowest BCUT2D eigenvalue weighted by Gasteiger charge is -2.35. The number of nitrogens with one attached hydrogen (secondary N) is 1. The average molecular weight is 374 g/mol. The van der Waals surface area contributed by atoms with E-state index in [1.807, 2.05) is 4.90 Å². The quantitative estimate of drug-likeness (QED) is 0.840. The molecule has 2 saturated heterocycles. The largest absolute Gasteiger partial charge is 0.495 e. The Hall–Kier alpha value is -2.61. The van der Waals surface area contributed by atoms with Crippen LogP contribution in [0.1, 0.15) is 30.1 Å². The van der Waals surface area contributed by atoms with Gasteiger partial charge in [0.05, 0.1) is 12.8 Å². The van der Waals surface area contributed by atoms with Crippen LogP contribution in [-0.4, -0.2) is 74.0 Å². The monoisotopic (exact) mass is 374 g/mol. The molecule has 0 radical (unpaired) electrons. The van der Waals surface area contributed by atoms with Crippen molar-refractivity contribution in [3.05, 3.63) is 23.8 Å². The zero-order valence-electron chi connectivity index (χ0n) is 15.9. The number of amides is 4. The molecule has 3 rings (SSSR count). The molecule has 2 aliphatic rings.